The summed E-state index contributed by atoms with van der Waals surface area (Å²) in [6, 6.07) is 7.48. The van der Waals surface area contributed by atoms with E-state index in [-0.39, 0.29) is 11.4 Å². The van der Waals surface area contributed by atoms with Gasteiger partial charge in [0.1, 0.15) is 12.1 Å². The second-order valence-corrected chi connectivity index (χ2v) is 7.84. The summed E-state index contributed by atoms with van der Waals surface area (Å²) in [5.74, 6) is -0.181. The molecule has 1 aromatic heterocycles. The maximum absolute atomic E-state index is 13.5. The van der Waals surface area contributed by atoms with Gasteiger partial charge in [0.2, 0.25) is 0 Å². The number of carbonyl (C=O) groups is 1. The average Bonchev–Trinajstić information content (AvgIpc) is 3.30. The van der Waals surface area contributed by atoms with Crippen molar-refractivity contribution in [2.45, 2.75) is 50.4 Å². The van der Waals surface area contributed by atoms with Crippen molar-refractivity contribution in [1.29, 1.82) is 0 Å². The Morgan fingerprint density at radius 2 is 1.92 bits per heavy atom. The number of hydrogen-bond acceptors (Lipinski definition) is 3. The van der Waals surface area contributed by atoms with E-state index >= 15 is 0 Å². The van der Waals surface area contributed by atoms with Crippen molar-refractivity contribution in [3.63, 3.8) is 0 Å². The molecule has 0 amide bonds. The highest BCUT2D eigenvalue weighted by Gasteiger charge is 2.61. The topological polar surface area (TPSA) is 28.5 Å². The van der Waals surface area contributed by atoms with Crippen molar-refractivity contribution in [1.82, 2.24) is 14.4 Å². The van der Waals surface area contributed by atoms with Crippen molar-refractivity contribution in [2.75, 3.05) is 19.6 Å². The lowest BCUT2D eigenvalue weighted by Gasteiger charge is -2.36. The van der Waals surface area contributed by atoms with Crippen LogP contribution in [0.25, 0.3) is 10.9 Å². The van der Waals surface area contributed by atoms with Crippen LogP contribution in [0.5, 0.6) is 0 Å². The van der Waals surface area contributed by atoms with E-state index in [1.54, 1.807) is 6.07 Å². The van der Waals surface area contributed by atoms with Crippen LogP contribution in [0.4, 0.5) is 4.39 Å². The fourth-order valence-corrected chi connectivity index (χ4v) is 5.02. The van der Waals surface area contributed by atoms with Crippen LogP contribution in [0, 0.1) is 5.82 Å². The molecule has 0 bridgehead atoms. The minimum absolute atomic E-state index is 0.181. The molecule has 132 valence electrons. The van der Waals surface area contributed by atoms with Gasteiger partial charge in [0.25, 0.3) is 0 Å². The number of piperidine rings is 1. The minimum Gasteiger partial charge on any atom is -0.342 e. The summed E-state index contributed by atoms with van der Waals surface area (Å²) in [5, 5.41) is 0.977. The van der Waals surface area contributed by atoms with Crippen molar-refractivity contribution >= 4 is 17.2 Å². The molecule has 4 nitrogen and oxygen atoms in total. The number of fused-ring (bicyclic) bond motifs is 3. The van der Waals surface area contributed by atoms with Gasteiger partial charge in [-0.05, 0) is 56.6 Å². The maximum atomic E-state index is 13.5. The van der Waals surface area contributed by atoms with E-state index in [0.717, 1.165) is 50.0 Å². The summed E-state index contributed by atoms with van der Waals surface area (Å²) >= 11 is 0. The summed E-state index contributed by atoms with van der Waals surface area (Å²) in [5.41, 5.74) is 2.10. The van der Waals surface area contributed by atoms with Crippen LogP contribution in [0.1, 0.15) is 31.4 Å². The predicted octanol–water partition coefficient (Wildman–Crippen LogP) is 2.79. The van der Waals surface area contributed by atoms with Gasteiger partial charge in [0.05, 0.1) is 5.54 Å². The molecule has 1 aromatic carbocycles. The third-order valence-electron chi connectivity index (χ3n) is 6.45. The lowest BCUT2D eigenvalue weighted by atomic mass is 10.1. The van der Waals surface area contributed by atoms with Crippen molar-refractivity contribution in [3.8, 4) is 0 Å². The normalized spacial score (nSPS) is 30.4. The predicted molar refractivity (Wildman–Crippen MR) is 94.9 cm³/mol. The number of likely N-dealkylation sites (tertiary alicyclic amines) is 1. The average molecular weight is 341 g/mol. The molecule has 0 radical (unpaired) electrons. The highest BCUT2D eigenvalue weighted by atomic mass is 19.1. The zero-order valence-electron chi connectivity index (χ0n) is 14.5. The quantitative estimate of drug-likeness (QED) is 0.804. The lowest BCUT2D eigenvalue weighted by molar-refractivity contribution is -0.115. The first-order valence-electron chi connectivity index (χ1n) is 9.44. The second kappa shape index (κ2) is 5.64. The molecule has 5 heteroatoms. The Hall–Kier alpha value is -1.72. The fraction of sp³-hybridized carbons (Fsp3) is 0.550. The Balaban J connectivity index is 1.39. The third-order valence-corrected chi connectivity index (χ3v) is 6.45. The van der Waals surface area contributed by atoms with Gasteiger partial charge in [-0.3, -0.25) is 9.80 Å². The zero-order valence-corrected chi connectivity index (χ0v) is 14.5. The van der Waals surface area contributed by atoms with E-state index in [1.807, 2.05) is 6.07 Å². The number of halogens is 1. The molecule has 1 aliphatic carbocycles. The summed E-state index contributed by atoms with van der Waals surface area (Å²) < 4.78 is 15.8. The van der Waals surface area contributed by atoms with Gasteiger partial charge < -0.3 is 9.36 Å². The van der Waals surface area contributed by atoms with Crippen LogP contribution >= 0.6 is 0 Å². The largest absolute Gasteiger partial charge is 0.342 e. The van der Waals surface area contributed by atoms with Gasteiger partial charge in [-0.2, -0.15) is 0 Å². The van der Waals surface area contributed by atoms with E-state index in [2.05, 4.69) is 20.4 Å². The summed E-state index contributed by atoms with van der Waals surface area (Å²) in [6.45, 7) is 4.84. The molecule has 2 aliphatic heterocycles. The van der Waals surface area contributed by atoms with Crippen LogP contribution in [0.3, 0.4) is 0 Å². The molecular formula is C20H24FN3O. The molecule has 2 atom stereocenters. The standard InChI is InChI=1S/C20H24FN3O/c21-16-4-5-18-15(10-16)11-17-13-22(8-9-24(17)18)19-12-20(19,14-25)23-6-2-1-3-7-23/h4-5,10-11,14,19H,1-3,6-9,12-13H2. The zero-order chi connectivity index (χ0) is 17.0. The number of benzene rings is 1. The van der Waals surface area contributed by atoms with Crippen LogP contribution in [-0.2, 0) is 17.9 Å². The third kappa shape index (κ3) is 2.36. The lowest BCUT2D eigenvalue weighted by Crippen LogP contribution is -2.49. The van der Waals surface area contributed by atoms with Gasteiger partial charge in [0.15, 0.2) is 0 Å². The Bertz CT molecular complexity index is 826. The number of carbonyl (C=O) groups excluding carboxylic acids is 1. The number of hydrogen-bond donors (Lipinski definition) is 0. The van der Waals surface area contributed by atoms with Gasteiger partial charge in [-0.15, -0.1) is 0 Å². The van der Waals surface area contributed by atoms with E-state index in [1.165, 1.54) is 37.3 Å². The molecular weight excluding hydrogens is 317 g/mol. The van der Waals surface area contributed by atoms with Crippen LogP contribution in [-0.4, -0.2) is 51.9 Å². The van der Waals surface area contributed by atoms with Gasteiger partial charge in [-0.1, -0.05) is 6.42 Å². The minimum atomic E-state index is -0.249. The van der Waals surface area contributed by atoms with Crippen molar-refractivity contribution < 1.29 is 9.18 Å². The number of aldehydes is 1. The fourth-order valence-electron chi connectivity index (χ4n) is 5.02. The molecule has 1 saturated heterocycles. The van der Waals surface area contributed by atoms with Crippen molar-refractivity contribution in [2.24, 2.45) is 0 Å². The molecule has 0 spiro atoms. The maximum Gasteiger partial charge on any atom is 0.141 e. The Labute approximate surface area is 147 Å². The molecule has 5 rings (SSSR count). The summed E-state index contributed by atoms with van der Waals surface area (Å²) in [6.07, 6.45) is 5.88. The number of rotatable bonds is 3. The number of aromatic nitrogens is 1. The molecule has 0 N–H and O–H groups in total. The molecule has 25 heavy (non-hydrogen) atoms. The van der Waals surface area contributed by atoms with Crippen LogP contribution in [0.15, 0.2) is 24.3 Å². The molecule has 3 heterocycles. The molecule has 2 fully saturated rings. The van der Waals surface area contributed by atoms with Gasteiger partial charge in [-0.25, -0.2) is 4.39 Å². The molecule has 2 aromatic rings. The van der Waals surface area contributed by atoms with E-state index in [9.17, 15) is 9.18 Å². The number of nitrogens with zero attached hydrogens (tertiary/aromatic N) is 3. The monoisotopic (exact) mass is 341 g/mol. The molecule has 1 saturated carbocycles. The Morgan fingerprint density at radius 3 is 2.72 bits per heavy atom. The summed E-state index contributed by atoms with van der Waals surface area (Å²) in [4.78, 5) is 16.8. The van der Waals surface area contributed by atoms with Crippen LogP contribution in [0.2, 0.25) is 0 Å². The van der Waals surface area contributed by atoms with Crippen LogP contribution < -0.4 is 0 Å². The highest BCUT2D eigenvalue weighted by Crippen LogP contribution is 2.46. The second-order valence-electron chi connectivity index (χ2n) is 7.84. The van der Waals surface area contributed by atoms with E-state index < -0.39 is 0 Å². The van der Waals surface area contributed by atoms with E-state index in [4.69, 9.17) is 0 Å². The van der Waals surface area contributed by atoms with Gasteiger partial charge >= 0.3 is 0 Å². The summed E-state index contributed by atoms with van der Waals surface area (Å²) in [7, 11) is 0. The first-order valence-corrected chi connectivity index (χ1v) is 9.44. The molecule has 2 unspecified atom stereocenters. The first kappa shape index (κ1) is 15.5. The molecule has 3 aliphatic rings. The highest BCUT2D eigenvalue weighted by molar-refractivity contribution is 5.81. The van der Waals surface area contributed by atoms with Crippen molar-refractivity contribution in [3.05, 3.63) is 35.8 Å². The van der Waals surface area contributed by atoms with E-state index in [0.29, 0.717) is 6.04 Å². The van der Waals surface area contributed by atoms with Gasteiger partial charge in [0, 0.05) is 42.3 Å². The smallest absolute Gasteiger partial charge is 0.141 e. The SMILES string of the molecule is O=CC1(N2CCCCC2)CC1N1CCn2c(cc3cc(F)ccc32)C1. The first-order chi connectivity index (χ1) is 12.2. The Morgan fingerprint density at radius 1 is 1.08 bits per heavy atom. The Kier molecular flexibility index (Phi) is 3.51.